The second-order valence-electron chi connectivity index (χ2n) is 5.78. The van der Waals surface area contributed by atoms with Crippen molar-refractivity contribution in [1.29, 1.82) is 0 Å². The van der Waals surface area contributed by atoms with Crippen LogP contribution in [0, 0.1) is 17.8 Å². The molecule has 0 saturated heterocycles. The molecule has 0 amide bonds. The zero-order valence-electron chi connectivity index (χ0n) is 10.4. The van der Waals surface area contributed by atoms with Gasteiger partial charge < -0.3 is 4.90 Å². The molecule has 1 nitrogen and oxygen atoms in total. The van der Waals surface area contributed by atoms with Crippen LogP contribution in [0.3, 0.4) is 0 Å². The molecule has 0 N–H and O–H groups in total. The van der Waals surface area contributed by atoms with Crippen molar-refractivity contribution in [3.8, 4) is 0 Å². The summed E-state index contributed by atoms with van der Waals surface area (Å²) in [5.41, 5.74) is 0. The van der Waals surface area contributed by atoms with Gasteiger partial charge in [0.05, 0.1) is 0 Å². The van der Waals surface area contributed by atoms with Crippen molar-refractivity contribution < 1.29 is 0 Å². The topological polar surface area (TPSA) is 3.24 Å². The van der Waals surface area contributed by atoms with E-state index in [-0.39, 0.29) is 0 Å². The molecule has 0 aliphatic heterocycles. The summed E-state index contributed by atoms with van der Waals surface area (Å²) in [6.45, 7) is 6.01. The van der Waals surface area contributed by atoms with Crippen LogP contribution in [-0.2, 0) is 0 Å². The zero-order valence-corrected chi connectivity index (χ0v) is 10.4. The van der Waals surface area contributed by atoms with E-state index in [4.69, 9.17) is 0 Å². The quantitative estimate of drug-likeness (QED) is 0.667. The third-order valence-electron chi connectivity index (χ3n) is 3.39. The van der Waals surface area contributed by atoms with Gasteiger partial charge in [0.2, 0.25) is 0 Å². The summed E-state index contributed by atoms with van der Waals surface area (Å²) >= 11 is 0. The fourth-order valence-corrected chi connectivity index (χ4v) is 2.83. The van der Waals surface area contributed by atoms with Gasteiger partial charge in [0.1, 0.15) is 0 Å². The largest absolute Gasteiger partial charge is 0.309 e. The van der Waals surface area contributed by atoms with Crippen molar-refractivity contribution in [2.24, 2.45) is 17.8 Å². The molecule has 1 saturated carbocycles. The van der Waals surface area contributed by atoms with Gasteiger partial charge in [0.25, 0.3) is 0 Å². The van der Waals surface area contributed by atoms with Crippen molar-refractivity contribution in [2.45, 2.75) is 46.0 Å². The Bertz CT molecular complexity index is 125. The minimum atomic E-state index is 0.894. The summed E-state index contributed by atoms with van der Waals surface area (Å²) in [5, 5.41) is 0. The van der Waals surface area contributed by atoms with E-state index < -0.39 is 0 Å². The molecule has 0 heterocycles. The van der Waals surface area contributed by atoms with Crippen LogP contribution >= 0.6 is 0 Å². The van der Waals surface area contributed by atoms with Crippen LogP contribution in [0.1, 0.15) is 46.0 Å². The lowest BCUT2D eigenvalue weighted by Crippen LogP contribution is -2.26. The molecular formula is C13H27N. The second kappa shape index (κ2) is 5.75. The highest BCUT2D eigenvalue weighted by atomic mass is 15.1. The van der Waals surface area contributed by atoms with Crippen LogP contribution in [0.5, 0.6) is 0 Å². The van der Waals surface area contributed by atoms with Gasteiger partial charge in [-0.3, -0.25) is 0 Å². The van der Waals surface area contributed by atoms with E-state index >= 15 is 0 Å². The minimum Gasteiger partial charge on any atom is -0.309 e. The highest BCUT2D eigenvalue weighted by Crippen LogP contribution is 2.32. The Balaban J connectivity index is 2.17. The first kappa shape index (κ1) is 12.0. The molecule has 0 spiro atoms. The highest BCUT2D eigenvalue weighted by molar-refractivity contribution is 4.74. The van der Waals surface area contributed by atoms with Gasteiger partial charge in [-0.15, -0.1) is 0 Å². The zero-order chi connectivity index (χ0) is 10.6. The number of hydrogen-bond acceptors (Lipinski definition) is 1. The summed E-state index contributed by atoms with van der Waals surface area (Å²) < 4.78 is 0. The average molecular weight is 197 g/mol. The van der Waals surface area contributed by atoms with Gasteiger partial charge in [-0.25, -0.2) is 0 Å². The fraction of sp³-hybridized carbons (Fsp3) is 1.00. The Hall–Kier alpha value is -0.0400. The van der Waals surface area contributed by atoms with Gasteiger partial charge in [-0.1, -0.05) is 26.7 Å². The first-order chi connectivity index (χ1) is 6.58. The van der Waals surface area contributed by atoms with Gasteiger partial charge in [-0.05, 0) is 51.1 Å². The molecule has 0 unspecified atom stereocenters. The first-order valence-electron chi connectivity index (χ1n) is 6.22. The van der Waals surface area contributed by atoms with Crippen LogP contribution in [0.4, 0.5) is 0 Å². The summed E-state index contributed by atoms with van der Waals surface area (Å²) in [7, 11) is 4.39. The third kappa shape index (κ3) is 4.45. The summed E-state index contributed by atoms with van der Waals surface area (Å²) in [5.74, 6) is 2.91. The predicted molar refractivity (Wildman–Crippen MR) is 63.5 cm³/mol. The van der Waals surface area contributed by atoms with E-state index in [2.05, 4.69) is 32.8 Å². The maximum absolute atomic E-state index is 2.35. The van der Waals surface area contributed by atoms with Crippen molar-refractivity contribution >= 4 is 0 Å². The van der Waals surface area contributed by atoms with Crippen LogP contribution in [0.25, 0.3) is 0 Å². The molecule has 0 aromatic rings. The molecule has 84 valence electrons. The van der Waals surface area contributed by atoms with Crippen molar-refractivity contribution in [1.82, 2.24) is 4.90 Å². The predicted octanol–water partition coefficient (Wildman–Crippen LogP) is 3.40. The summed E-state index contributed by atoms with van der Waals surface area (Å²) in [6.07, 6.45) is 7.35. The van der Waals surface area contributed by atoms with Gasteiger partial charge in [0.15, 0.2) is 0 Å². The molecule has 1 heteroatoms. The normalized spacial score (nSPS) is 28.7. The Labute approximate surface area is 89.9 Å². The monoisotopic (exact) mass is 197 g/mol. The molecule has 14 heavy (non-hydrogen) atoms. The van der Waals surface area contributed by atoms with E-state index in [0.717, 1.165) is 17.8 Å². The van der Waals surface area contributed by atoms with E-state index in [9.17, 15) is 0 Å². The Morgan fingerprint density at radius 1 is 1.00 bits per heavy atom. The van der Waals surface area contributed by atoms with Crippen molar-refractivity contribution in [2.75, 3.05) is 20.6 Å². The maximum atomic E-state index is 2.35. The van der Waals surface area contributed by atoms with E-state index in [0.29, 0.717) is 0 Å². The molecular weight excluding hydrogens is 170 g/mol. The molecule has 0 atom stereocenters. The smallest absolute Gasteiger partial charge is 0.000356 e. The molecule has 1 aliphatic carbocycles. The minimum absolute atomic E-state index is 0.894. The third-order valence-corrected chi connectivity index (χ3v) is 3.39. The molecule has 0 bridgehead atoms. The van der Waals surface area contributed by atoms with Crippen molar-refractivity contribution in [3.63, 3.8) is 0 Å². The van der Waals surface area contributed by atoms with Gasteiger partial charge >= 0.3 is 0 Å². The van der Waals surface area contributed by atoms with E-state index in [1.807, 2.05) is 0 Å². The molecule has 1 fully saturated rings. The molecule has 0 aromatic carbocycles. The second-order valence-corrected chi connectivity index (χ2v) is 5.78. The molecule has 0 aromatic heterocycles. The Kier molecular flexibility index (Phi) is 4.94. The van der Waals surface area contributed by atoms with Crippen LogP contribution in [0.2, 0.25) is 0 Å². The Morgan fingerprint density at radius 3 is 1.93 bits per heavy atom. The van der Waals surface area contributed by atoms with Crippen LogP contribution in [-0.4, -0.2) is 25.5 Å². The lowest BCUT2D eigenvalue weighted by molar-refractivity contribution is 0.206. The van der Waals surface area contributed by atoms with E-state index in [1.54, 1.807) is 0 Å². The molecule has 1 aliphatic rings. The lowest BCUT2D eigenvalue weighted by Gasteiger charge is -2.31. The summed E-state index contributed by atoms with van der Waals surface area (Å²) in [4.78, 5) is 2.34. The summed E-state index contributed by atoms with van der Waals surface area (Å²) in [6, 6.07) is 0. The average Bonchev–Trinajstić information content (AvgIpc) is 2.06. The maximum Gasteiger partial charge on any atom is 0.000356 e. The van der Waals surface area contributed by atoms with Crippen LogP contribution < -0.4 is 0 Å². The highest BCUT2D eigenvalue weighted by Gasteiger charge is 2.21. The fourth-order valence-electron chi connectivity index (χ4n) is 2.83. The molecule has 1 rings (SSSR count). The van der Waals surface area contributed by atoms with Gasteiger partial charge in [-0.2, -0.15) is 0 Å². The number of rotatable bonds is 4. The van der Waals surface area contributed by atoms with Gasteiger partial charge in [0, 0.05) is 6.54 Å². The number of hydrogen-bond donors (Lipinski definition) is 0. The first-order valence-corrected chi connectivity index (χ1v) is 6.22. The Morgan fingerprint density at radius 2 is 1.50 bits per heavy atom. The molecule has 0 radical (unpaired) electrons. The van der Waals surface area contributed by atoms with E-state index in [1.165, 1.54) is 38.6 Å². The van der Waals surface area contributed by atoms with Crippen LogP contribution in [0.15, 0.2) is 0 Å². The van der Waals surface area contributed by atoms with Crippen molar-refractivity contribution in [3.05, 3.63) is 0 Å². The standard InChI is InChI=1S/C13H27N/c1-11(2)9-12-5-7-13(8-6-12)10-14(3)4/h11-13H,5-10H2,1-4H3. The number of nitrogens with zero attached hydrogens (tertiary/aromatic N) is 1. The lowest BCUT2D eigenvalue weighted by atomic mass is 9.78. The SMILES string of the molecule is CC(C)CC1CCC(CN(C)C)CC1.